The summed E-state index contributed by atoms with van der Waals surface area (Å²) >= 11 is 5.36. The first-order valence-corrected chi connectivity index (χ1v) is 29.5. The predicted octanol–water partition coefficient (Wildman–Crippen LogP) is 18.3. The predicted molar refractivity (Wildman–Crippen MR) is 279 cm³/mol. The van der Waals surface area contributed by atoms with Crippen molar-refractivity contribution >= 4 is 59.0 Å². The van der Waals surface area contributed by atoms with E-state index in [1.807, 2.05) is 0 Å². The highest BCUT2D eigenvalue weighted by Crippen LogP contribution is 2.68. The first kappa shape index (κ1) is 57.9. The van der Waals surface area contributed by atoms with E-state index >= 15 is 0 Å². The first-order valence-electron chi connectivity index (χ1n) is 26.3. The molecule has 0 fully saturated rings. The van der Waals surface area contributed by atoms with Crippen LogP contribution < -0.4 is 9.47 Å². The maximum absolute atomic E-state index is 13.0. The molecule has 1 aromatic rings. The number of rotatable bonds is 40. The highest BCUT2D eigenvalue weighted by Gasteiger charge is 2.40. The van der Waals surface area contributed by atoms with Crippen molar-refractivity contribution in [3.05, 3.63) is 31.2 Å². The van der Waals surface area contributed by atoms with E-state index in [1.54, 1.807) is 13.8 Å². The molecule has 2 aliphatic heterocycles. The summed E-state index contributed by atoms with van der Waals surface area (Å²) in [6.07, 6.45) is 41.3. The van der Waals surface area contributed by atoms with Crippen LogP contribution in [-0.4, -0.2) is 38.4 Å². The molecule has 0 bridgehead atoms. The molecule has 0 unspecified atom stereocenters. The fourth-order valence-corrected chi connectivity index (χ4v) is 13.6. The molecule has 2 aliphatic rings. The smallest absolute Gasteiger partial charge is 0.350 e. The molecule has 370 valence electrons. The normalized spacial score (nSPS) is 12.7. The van der Waals surface area contributed by atoms with Gasteiger partial charge in [0.15, 0.2) is 5.57 Å². The average Bonchev–Trinajstić information content (AvgIpc) is 3.95. The highest BCUT2D eigenvalue weighted by molar-refractivity contribution is 8.26. The molecule has 0 saturated carbocycles. The summed E-state index contributed by atoms with van der Waals surface area (Å²) in [5.74, 6) is -0.00183. The molecule has 0 N–H and O–H groups in total. The Bertz CT molecular complexity index is 1550. The van der Waals surface area contributed by atoms with Crippen LogP contribution in [0.4, 0.5) is 0 Å². The largest absolute Gasteiger partial charge is 0.491 e. The monoisotopic (exact) mass is 985 g/mol. The Hall–Kier alpha value is -2.38. The third-order valence-corrected chi connectivity index (χ3v) is 17.2. The van der Waals surface area contributed by atoms with Crippen molar-refractivity contribution in [3.63, 3.8) is 0 Å². The molecule has 0 atom stereocenters. The van der Waals surface area contributed by atoms with E-state index in [9.17, 15) is 14.9 Å². The Morgan fingerprint density at radius 2 is 0.742 bits per heavy atom. The van der Waals surface area contributed by atoms with Gasteiger partial charge >= 0.3 is 11.9 Å². The van der Waals surface area contributed by atoms with Crippen LogP contribution in [0, 0.1) is 17.9 Å². The molecule has 8 nitrogen and oxygen atoms in total. The van der Waals surface area contributed by atoms with Crippen LogP contribution in [0.15, 0.2) is 39.3 Å². The Morgan fingerprint density at radius 3 is 1.03 bits per heavy atom. The summed E-state index contributed by atoms with van der Waals surface area (Å²) in [4.78, 5) is 32.7. The third kappa shape index (κ3) is 21.9. The number of ether oxygens (including phenoxy) is 4. The Morgan fingerprint density at radius 1 is 0.455 bits per heavy atom. The lowest BCUT2D eigenvalue weighted by molar-refractivity contribution is -0.139. The number of thioether (sulfide) groups is 4. The minimum atomic E-state index is -0.647. The molecular formula is C54H84N2O6S4. The van der Waals surface area contributed by atoms with Gasteiger partial charge in [-0.25, -0.2) is 9.64 Å². The number of hydrogen-bond donors (Lipinski definition) is 0. The maximum atomic E-state index is 13.0. The molecule has 1 aromatic carbocycles. The van der Waals surface area contributed by atoms with Gasteiger partial charge in [0.2, 0.25) is 0 Å². The number of hydrogen-bond acceptors (Lipinski definition) is 11. The second-order valence-electron chi connectivity index (χ2n) is 17.6. The van der Waals surface area contributed by atoms with Crippen LogP contribution in [0.3, 0.4) is 0 Å². The van der Waals surface area contributed by atoms with Crippen molar-refractivity contribution in [2.75, 3.05) is 26.4 Å². The Kier molecular flexibility index (Phi) is 32.9. The van der Waals surface area contributed by atoms with Gasteiger partial charge in [-0.3, -0.25) is 4.79 Å². The summed E-state index contributed by atoms with van der Waals surface area (Å²) in [6.45, 7) is 17.3. The topological polar surface area (TPSA) is 99.2 Å². The molecule has 0 spiro atoms. The number of nitriles is 1. The zero-order valence-electron chi connectivity index (χ0n) is 41.4. The van der Waals surface area contributed by atoms with Gasteiger partial charge in [0.05, 0.1) is 61.1 Å². The van der Waals surface area contributed by atoms with Crippen molar-refractivity contribution in [1.82, 2.24) is 0 Å². The van der Waals surface area contributed by atoms with E-state index in [0.29, 0.717) is 33.2 Å². The third-order valence-electron chi connectivity index (χ3n) is 12.1. The van der Waals surface area contributed by atoms with Crippen LogP contribution in [0.1, 0.15) is 233 Å². The van der Waals surface area contributed by atoms with Gasteiger partial charge in [0.25, 0.3) is 5.70 Å². The minimum absolute atomic E-state index is 0.0331. The van der Waals surface area contributed by atoms with E-state index < -0.39 is 11.9 Å². The summed E-state index contributed by atoms with van der Waals surface area (Å²) in [6, 6.07) is 2.10. The SMILES string of the molecule is [C-]#[N+]C(C(=O)OCC)=C1Sc2c(OCCCCCCCCCCCCCCCCCC)c3c(c(OCCCCCCCCCCCCCCCCCC)c2S1)SC(=C(C#N)C(=O)OCC)S3. The van der Waals surface area contributed by atoms with Crippen molar-refractivity contribution in [2.45, 2.75) is 253 Å². The van der Waals surface area contributed by atoms with Crippen LogP contribution in [-0.2, 0) is 19.1 Å². The van der Waals surface area contributed by atoms with E-state index in [2.05, 4.69) is 24.8 Å². The number of benzene rings is 1. The summed E-state index contributed by atoms with van der Waals surface area (Å²) in [5.41, 5.74) is -0.0834. The number of esters is 2. The Balaban J connectivity index is 1.62. The molecule has 0 aliphatic carbocycles. The molecule has 0 radical (unpaired) electrons. The number of unbranched alkanes of at least 4 members (excludes halogenated alkanes) is 30. The van der Waals surface area contributed by atoms with Crippen LogP contribution in [0.25, 0.3) is 4.85 Å². The number of carbonyl (C=O) groups is 2. The summed E-state index contributed by atoms with van der Waals surface area (Å²) in [5, 5.41) is 10.1. The van der Waals surface area contributed by atoms with Gasteiger partial charge in [-0.2, -0.15) is 5.26 Å². The molecule has 66 heavy (non-hydrogen) atoms. The number of carbonyl (C=O) groups excluding carboxylic acids is 2. The van der Waals surface area contributed by atoms with Gasteiger partial charge in [-0.05, 0) is 26.7 Å². The van der Waals surface area contributed by atoms with Gasteiger partial charge in [-0.15, -0.1) is 0 Å². The van der Waals surface area contributed by atoms with Crippen LogP contribution in [0.2, 0.25) is 0 Å². The van der Waals surface area contributed by atoms with Crippen molar-refractivity contribution < 1.29 is 28.5 Å². The highest BCUT2D eigenvalue weighted by atomic mass is 32.2. The fraction of sp³-hybridized carbons (Fsp3) is 0.741. The standard InChI is InChI=1S/C54H84N2O6S4/c1-6-10-12-14-16-18-20-22-24-26-28-30-32-34-36-38-40-61-45-47-48(64-53(63-47)43(42-55)51(57)59-8-3)46(50-49(45)65-54(66-50)44(56-5)52(58)60-9-4)62-41-39-37-35-33-31-29-27-25-23-21-19-17-15-13-11-7-2/h6-41H2,1-4H3. The molecule has 0 aromatic heterocycles. The van der Waals surface area contributed by atoms with E-state index in [0.717, 1.165) is 58.1 Å². The zero-order valence-corrected chi connectivity index (χ0v) is 44.7. The van der Waals surface area contributed by atoms with Crippen LogP contribution in [0.5, 0.6) is 11.5 Å². The molecule has 3 rings (SSSR count). The lowest BCUT2D eigenvalue weighted by Crippen LogP contribution is -2.07. The van der Waals surface area contributed by atoms with Gasteiger partial charge in [-0.1, -0.05) is 254 Å². The van der Waals surface area contributed by atoms with Gasteiger partial charge in [0.1, 0.15) is 17.6 Å². The maximum Gasteiger partial charge on any atom is 0.350 e. The second kappa shape index (κ2) is 37.5. The molecule has 2 heterocycles. The van der Waals surface area contributed by atoms with Crippen LogP contribution >= 0.6 is 47.0 Å². The molecule has 12 heteroatoms. The second-order valence-corrected chi connectivity index (χ2v) is 22.2. The van der Waals surface area contributed by atoms with Crippen molar-refractivity contribution in [2.24, 2.45) is 0 Å². The minimum Gasteiger partial charge on any atom is -0.491 e. The lowest BCUT2D eigenvalue weighted by Gasteiger charge is -2.18. The molecular weight excluding hydrogens is 901 g/mol. The number of nitrogens with zero attached hydrogens (tertiary/aromatic N) is 2. The van der Waals surface area contributed by atoms with E-state index in [4.69, 9.17) is 25.5 Å². The lowest BCUT2D eigenvalue weighted by atomic mass is 10.0. The van der Waals surface area contributed by atoms with E-state index in [1.165, 1.54) is 214 Å². The molecule has 0 saturated heterocycles. The first-order chi connectivity index (χ1) is 32.4. The summed E-state index contributed by atoms with van der Waals surface area (Å²) < 4.78 is 25.0. The molecule has 0 amide bonds. The average molecular weight is 986 g/mol. The van der Waals surface area contributed by atoms with Gasteiger partial charge in [0, 0.05) is 0 Å². The van der Waals surface area contributed by atoms with Crippen molar-refractivity contribution in [1.29, 1.82) is 5.26 Å². The summed E-state index contributed by atoms with van der Waals surface area (Å²) in [7, 11) is 0. The van der Waals surface area contributed by atoms with Crippen molar-refractivity contribution in [3.8, 4) is 17.6 Å². The Labute approximate surface area is 418 Å². The van der Waals surface area contributed by atoms with E-state index in [-0.39, 0.29) is 24.5 Å². The quantitative estimate of drug-likeness (QED) is 0.0207. The number of fused-ring (bicyclic) bond motifs is 2. The fourth-order valence-electron chi connectivity index (χ4n) is 8.26. The van der Waals surface area contributed by atoms with Gasteiger partial charge < -0.3 is 18.9 Å². The zero-order chi connectivity index (χ0) is 47.5.